The van der Waals surface area contributed by atoms with Gasteiger partial charge in [0.2, 0.25) is 0 Å². The second-order valence-electron chi connectivity index (χ2n) is 3.19. The molecule has 96 valence electrons. The zero-order chi connectivity index (χ0) is 13.1. The minimum absolute atomic E-state index is 0.0553. The summed E-state index contributed by atoms with van der Waals surface area (Å²) in [4.78, 5) is -0.0553. The number of rotatable bonds is 4. The van der Waals surface area contributed by atoms with Crippen LogP contribution in [0.4, 0.5) is 18.9 Å². The molecule has 0 fully saturated rings. The Balaban J connectivity index is 2.70. The van der Waals surface area contributed by atoms with Gasteiger partial charge >= 0.3 is 5.51 Å². The van der Waals surface area contributed by atoms with Crippen LogP contribution >= 0.6 is 11.8 Å². The zero-order valence-electron chi connectivity index (χ0n) is 8.57. The molecular formula is C9H10F3NO2S2. The van der Waals surface area contributed by atoms with Gasteiger partial charge in [-0.2, -0.15) is 13.2 Å². The number of hydrogen-bond donors (Lipinski definition) is 1. The number of hydrogen-bond acceptors (Lipinski definition) is 4. The smallest absolute Gasteiger partial charge is 0.399 e. The highest BCUT2D eigenvalue weighted by atomic mass is 32.2. The third-order valence-corrected chi connectivity index (χ3v) is 4.54. The molecule has 0 bridgehead atoms. The number of halogens is 3. The molecule has 0 saturated carbocycles. The second kappa shape index (κ2) is 5.18. The number of alkyl halides is 3. The molecule has 0 heterocycles. The maximum absolute atomic E-state index is 11.8. The summed E-state index contributed by atoms with van der Waals surface area (Å²) in [6.45, 7) is 0. The first-order valence-electron chi connectivity index (χ1n) is 4.50. The fraction of sp³-hybridized carbons (Fsp3) is 0.333. The number of benzene rings is 1. The van der Waals surface area contributed by atoms with E-state index >= 15 is 0 Å². The average molecular weight is 285 g/mol. The number of nitrogens with two attached hydrogens (primary N) is 1. The standard InChI is InChI=1S/C9H10F3NO2S2/c10-9(11,12)16-4-5-17(14,15)8-3-1-2-7(13)6-8/h1-3,6H,4-5,13H2. The summed E-state index contributed by atoms with van der Waals surface area (Å²) in [5.74, 6) is -1.10. The first-order valence-corrected chi connectivity index (χ1v) is 7.13. The van der Waals surface area contributed by atoms with Crippen molar-refractivity contribution in [1.82, 2.24) is 0 Å². The lowest BCUT2D eigenvalue weighted by Gasteiger charge is -2.07. The Morgan fingerprint density at radius 3 is 2.47 bits per heavy atom. The first-order chi connectivity index (χ1) is 7.71. The van der Waals surface area contributed by atoms with Gasteiger partial charge in [-0.05, 0) is 30.0 Å². The molecule has 8 heteroatoms. The molecule has 1 aromatic carbocycles. The van der Waals surface area contributed by atoms with Crippen LogP contribution in [0.1, 0.15) is 0 Å². The number of thioether (sulfide) groups is 1. The quantitative estimate of drug-likeness (QED) is 0.862. The maximum atomic E-state index is 11.8. The van der Waals surface area contributed by atoms with Crippen molar-refractivity contribution in [3.63, 3.8) is 0 Å². The van der Waals surface area contributed by atoms with Crippen molar-refractivity contribution in [3.05, 3.63) is 24.3 Å². The Bertz CT molecular complexity index is 485. The van der Waals surface area contributed by atoms with Gasteiger partial charge in [0, 0.05) is 11.4 Å². The van der Waals surface area contributed by atoms with Crippen molar-refractivity contribution in [1.29, 1.82) is 0 Å². The predicted octanol–water partition coefficient (Wildman–Crippen LogP) is 2.30. The van der Waals surface area contributed by atoms with Gasteiger partial charge in [-0.3, -0.25) is 0 Å². The van der Waals surface area contributed by atoms with Gasteiger partial charge in [0.25, 0.3) is 0 Å². The lowest BCUT2D eigenvalue weighted by Crippen LogP contribution is -2.12. The Hall–Kier alpha value is -0.890. The van der Waals surface area contributed by atoms with E-state index in [2.05, 4.69) is 0 Å². The average Bonchev–Trinajstić information content (AvgIpc) is 2.15. The molecule has 1 aromatic rings. The molecule has 0 unspecified atom stereocenters. The molecule has 3 nitrogen and oxygen atoms in total. The Labute approximate surface area is 101 Å². The SMILES string of the molecule is Nc1cccc(S(=O)(=O)CCSC(F)(F)F)c1. The minimum Gasteiger partial charge on any atom is -0.399 e. The highest BCUT2D eigenvalue weighted by Gasteiger charge is 2.29. The van der Waals surface area contributed by atoms with E-state index in [0.29, 0.717) is 0 Å². The molecule has 0 atom stereocenters. The van der Waals surface area contributed by atoms with Gasteiger partial charge in [0.15, 0.2) is 9.84 Å². The van der Waals surface area contributed by atoms with E-state index in [4.69, 9.17) is 5.73 Å². The van der Waals surface area contributed by atoms with Crippen LogP contribution in [0.5, 0.6) is 0 Å². The van der Waals surface area contributed by atoms with Gasteiger partial charge in [0.1, 0.15) is 0 Å². The summed E-state index contributed by atoms with van der Waals surface area (Å²) in [6.07, 6.45) is 0. The normalized spacial score (nSPS) is 12.6. The largest absolute Gasteiger partial charge is 0.441 e. The van der Waals surface area contributed by atoms with Gasteiger partial charge in [-0.1, -0.05) is 6.07 Å². The van der Waals surface area contributed by atoms with E-state index in [-0.39, 0.29) is 22.3 Å². The summed E-state index contributed by atoms with van der Waals surface area (Å²) in [5, 5.41) is 0. The lowest BCUT2D eigenvalue weighted by atomic mass is 10.3. The van der Waals surface area contributed by atoms with E-state index in [9.17, 15) is 21.6 Å². The number of anilines is 1. The van der Waals surface area contributed by atoms with Crippen LogP contribution in [0, 0.1) is 0 Å². The minimum atomic E-state index is -4.41. The molecule has 1 rings (SSSR count). The topological polar surface area (TPSA) is 60.2 Å². The summed E-state index contributed by atoms with van der Waals surface area (Å²) in [6, 6.07) is 5.49. The van der Waals surface area contributed by atoms with Gasteiger partial charge in [0.05, 0.1) is 10.6 Å². The van der Waals surface area contributed by atoms with E-state index < -0.39 is 26.9 Å². The van der Waals surface area contributed by atoms with Gasteiger partial charge < -0.3 is 5.73 Å². The summed E-state index contributed by atoms with van der Waals surface area (Å²) in [7, 11) is -3.71. The predicted molar refractivity (Wildman–Crippen MR) is 61.4 cm³/mol. The molecule has 0 saturated heterocycles. The van der Waals surface area contributed by atoms with Crippen molar-refractivity contribution in [2.24, 2.45) is 0 Å². The van der Waals surface area contributed by atoms with Crippen LogP contribution in [-0.4, -0.2) is 25.4 Å². The third-order valence-electron chi connectivity index (χ3n) is 1.83. The first kappa shape index (κ1) is 14.2. The van der Waals surface area contributed by atoms with Crippen LogP contribution in [0.2, 0.25) is 0 Å². The molecule has 0 aliphatic heterocycles. The Morgan fingerprint density at radius 2 is 1.94 bits per heavy atom. The van der Waals surface area contributed by atoms with Crippen LogP contribution < -0.4 is 5.73 Å². The van der Waals surface area contributed by atoms with Crippen molar-refractivity contribution in [2.75, 3.05) is 17.2 Å². The van der Waals surface area contributed by atoms with Gasteiger partial charge in [-0.15, -0.1) is 0 Å². The van der Waals surface area contributed by atoms with Crippen molar-refractivity contribution < 1.29 is 21.6 Å². The Morgan fingerprint density at radius 1 is 1.29 bits per heavy atom. The molecule has 2 N–H and O–H groups in total. The monoisotopic (exact) mass is 285 g/mol. The van der Waals surface area contributed by atoms with Crippen LogP contribution in [0.15, 0.2) is 29.2 Å². The molecule has 0 aromatic heterocycles. The molecule has 0 radical (unpaired) electrons. The van der Waals surface area contributed by atoms with E-state index in [1.807, 2.05) is 0 Å². The van der Waals surface area contributed by atoms with Crippen LogP contribution in [0.25, 0.3) is 0 Å². The molecule has 17 heavy (non-hydrogen) atoms. The maximum Gasteiger partial charge on any atom is 0.441 e. The molecule has 0 aliphatic rings. The highest BCUT2D eigenvalue weighted by Crippen LogP contribution is 2.30. The fourth-order valence-electron chi connectivity index (χ4n) is 1.09. The summed E-state index contributed by atoms with van der Waals surface area (Å²) < 4.78 is 58.8. The zero-order valence-corrected chi connectivity index (χ0v) is 10.2. The summed E-state index contributed by atoms with van der Waals surface area (Å²) >= 11 is -0.351. The number of sulfone groups is 1. The van der Waals surface area contributed by atoms with Crippen molar-refractivity contribution in [3.8, 4) is 0 Å². The second-order valence-corrected chi connectivity index (χ2v) is 6.45. The summed E-state index contributed by atoms with van der Waals surface area (Å²) in [5.41, 5.74) is 1.25. The van der Waals surface area contributed by atoms with E-state index in [0.717, 1.165) is 0 Å². The molecule has 0 aliphatic carbocycles. The number of nitrogen functional groups attached to an aromatic ring is 1. The lowest BCUT2D eigenvalue weighted by molar-refractivity contribution is -0.0326. The van der Waals surface area contributed by atoms with E-state index in [1.165, 1.54) is 24.3 Å². The third kappa shape index (κ3) is 4.86. The van der Waals surface area contributed by atoms with Crippen LogP contribution in [0.3, 0.4) is 0 Å². The molecule has 0 spiro atoms. The van der Waals surface area contributed by atoms with E-state index in [1.54, 1.807) is 0 Å². The van der Waals surface area contributed by atoms with Crippen molar-refractivity contribution in [2.45, 2.75) is 10.4 Å². The highest BCUT2D eigenvalue weighted by molar-refractivity contribution is 8.01. The fourth-order valence-corrected chi connectivity index (χ4v) is 3.37. The van der Waals surface area contributed by atoms with Crippen LogP contribution in [-0.2, 0) is 9.84 Å². The van der Waals surface area contributed by atoms with Crippen molar-refractivity contribution >= 4 is 27.3 Å². The van der Waals surface area contributed by atoms with Gasteiger partial charge in [-0.25, -0.2) is 8.42 Å². The Kier molecular flexibility index (Phi) is 4.31. The molecular weight excluding hydrogens is 275 g/mol. The molecule has 0 amide bonds.